The van der Waals surface area contributed by atoms with Crippen LogP contribution >= 0.6 is 23.4 Å². The maximum Gasteiger partial charge on any atom is 0.342 e. The summed E-state index contributed by atoms with van der Waals surface area (Å²) in [5, 5.41) is 17.3. The highest BCUT2D eigenvalue weighted by Gasteiger charge is 2.17. The number of aromatic nitrogens is 2. The van der Waals surface area contributed by atoms with E-state index in [1.807, 2.05) is 0 Å². The lowest BCUT2D eigenvalue weighted by molar-refractivity contribution is -0.131. The van der Waals surface area contributed by atoms with Gasteiger partial charge in [-0.25, -0.2) is 13.6 Å². The normalized spacial score (nSPS) is 11.6. The molecule has 3 aromatic rings. The van der Waals surface area contributed by atoms with Gasteiger partial charge >= 0.3 is 5.97 Å². The van der Waals surface area contributed by atoms with E-state index in [1.54, 1.807) is 24.3 Å². The quantitative estimate of drug-likeness (QED) is 0.490. The Kier molecular flexibility index (Phi) is 5.34. The number of halogens is 3. The minimum Gasteiger partial charge on any atom is -0.477 e. The lowest BCUT2D eigenvalue weighted by atomic mass is 10.2. The molecule has 0 radical (unpaired) electrons. The molecule has 0 saturated carbocycles. The van der Waals surface area contributed by atoms with Crippen molar-refractivity contribution in [3.63, 3.8) is 0 Å². The van der Waals surface area contributed by atoms with Crippen molar-refractivity contribution in [1.82, 2.24) is 10.2 Å². The monoisotopic (exact) mass is 394 g/mol. The van der Waals surface area contributed by atoms with E-state index in [-0.39, 0.29) is 21.6 Å². The summed E-state index contributed by atoms with van der Waals surface area (Å²) in [6.07, 6.45) is 1.18. The molecular formula is C17H9ClF2N2O3S. The van der Waals surface area contributed by atoms with Crippen molar-refractivity contribution in [3.05, 3.63) is 69.6 Å². The van der Waals surface area contributed by atoms with Gasteiger partial charge in [0.2, 0.25) is 5.89 Å². The molecule has 1 heterocycles. The van der Waals surface area contributed by atoms with E-state index < -0.39 is 17.6 Å². The number of nitrogens with zero attached hydrogens (tertiary/aromatic N) is 2. The highest BCUT2D eigenvalue weighted by molar-refractivity contribution is 8.03. The second-order valence-corrected chi connectivity index (χ2v) is 6.34. The van der Waals surface area contributed by atoms with Gasteiger partial charge in [0.15, 0.2) is 11.6 Å². The summed E-state index contributed by atoms with van der Waals surface area (Å²) in [4.78, 5) is 11.2. The maximum absolute atomic E-state index is 13.3. The molecule has 0 fully saturated rings. The van der Waals surface area contributed by atoms with Crippen molar-refractivity contribution in [1.29, 1.82) is 0 Å². The van der Waals surface area contributed by atoms with Gasteiger partial charge in [-0.15, -0.1) is 10.2 Å². The summed E-state index contributed by atoms with van der Waals surface area (Å²) in [6.45, 7) is 0. The highest BCUT2D eigenvalue weighted by atomic mass is 35.5. The number of hydrogen-bond donors (Lipinski definition) is 1. The summed E-state index contributed by atoms with van der Waals surface area (Å²) in [5.74, 6) is -3.24. The molecule has 9 heteroatoms. The zero-order valence-electron chi connectivity index (χ0n) is 12.8. The first-order valence-electron chi connectivity index (χ1n) is 7.10. The standard InChI is InChI=1S/C17H9ClF2N2O3S/c18-11-4-2-1-3-10(11)15-21-22-17(25-15)26-14(16(23)24)8-9-5-6-12(19)13(20)7-9/h1-8H,(H,23,24)/b14-8+. The van der Waals surface area contributed by atoms with Crippen molar-refractivity contribution in [2.75, 3.05) is 0 Å². The first kappa shape index (κ1) is 18.1. The first-order valence-corrected chi connectivity index (χ1v) is 8.30. The third kappa shape index (κ3) is 4.09. The van der Waals surface area contributed by atoms with Gasteiger partial charge in [0.05, 0.1) is 10.6 Å². The number of hydrogen-bond acceptors (Lipinski definition) is 5. The van der Waals surface area contributed by atoms with Crippen LogP contribution in [0.25, 0.3) is 17.5 Å². The molecular weight excluding hydrogens is 386 g/mol. The molecule has 26 heavy (non-hydrogen) atoms. The van der Waals surface area contributed by atoms with Gasteiger partial charge < -0.3 is 9.52 Å². The van der Waals surface area contributed by atoms with E-state index in [1.165, 1.54) is 12.1 Å². The molecule has 0 unspecified atom stereocenters. The zero-order valence-corrected chi connectivity index (χ0v) is 14.4. The number of carbonyl (C=O) groups is 1. The van der Waals surface area contributed by atoms with Crippen molar-refractivity contribution in [2.24, 2.45) is 0 Å². The lowest BCUT2D eigenvalue weighted by Gasteiger charge is -2.00. The Bertz CT molecular complexity index is 1010. The number of benzene rings is 2. The van der Waals surface area contributed by atoms with Crippen LogP contribution in [0.15, 0.2) is 57.0 Å². The Balaban J connectivity index is 1.87. The molecule has 5 nitrogen and oxygen atoms in total. The molecule has 0 spiro atoms. The minimum absolute atomic E-state index is 0.0313. The predicted octanol–water partition coefficient (Wildman–Crippen LogP) is 4.89. The molecule has 132 valence electrons. The Labute approximate surface area is 155 Å². The fourth-order valence-corrected chi connectivity index (χ4v) is 2.87. The fraction of sp³-hybridized carbons (Fsp3) is 0. The van der Waals surface area contributed by atoms with E-state index >= 15 is 0 Å². The largest absolute Gasteiger partial charge is 0.477 e. The Hall–Kier alpha value is -2.71. The van der Waals surface area contributed by atoms with E-state index in [4.69, 9.17) is 16.0 Å². The first-order chi connectivity index (χ1) is 12.4. The third-order valence-corrected chi connectivity index (χ3v) is 4.34. The lowest BCUT2D eigenvalue weighted by Crippen LogP contribution is -1.97. The molecule has 1 N–H and O–H groups in total. The van der Waals surface area contributed by atoms with Gasteiger partial charge in [-0.2, -0.15) is 0 Å². The summed E-state index contributed by atoms with van der Waals surface area (Å²) >= 11 is 6.74. The molecule has 1 aromatic heterocycles. The Morgan fingerprint density at radius 3 is 2.62 bits per heavy atom. The van der Waals surface area contributed by atoms with Crippen LogP contribution < -0.4 is 0 Å². The molecule has 0 aliphatic rings. The molecule has 0 aliphatic carbocycles. The fourth-order valence-electron chi connectivity index (χ4n) is 1.98. The average molecular weight is 395 g/mol. The molecule has 0 aliphatic heterocycles. The number of carboxylic acid groups (broad SMARTS) is 1. The topological polar surface area (TPSA) is 76.2 Å². The van der Waals surface area contributed by atoms with Gasteiger partial charge in [-0.1, -0.05) is 29.8 Å². The van der Waals surface area contributed by atoms with Crippen LogP contribution in [0.1, 0.15) is 5.56 Å². The van der Waals surface area contributed by atoms with Crippen molar-refractivity contribution < 1.29 is 23.1 Å². The molecule has 0 saturated heterocycles. The minimum atomic E-state index is -1.28. The highest BCUT2D eigenvalue weighted by Crippen LogP contribution is 2.32. The third-order valence-electron chi connectivity index (χ3n) is 3.16. The number of rotatable bonds is 5. The van der Waals surface area contributed by atoms with Gasteiger partial charge in [0.1, 0.15) is 4.91 Å². The predicted molar refractivity (Wildman–Crippen MR) is 92.6 cm³/mol. The molecule has 2 aromatic carbocycles. The zero-order chi connectivity index (χ0) is 18.7. The van der Waals surface area contributed by atoms with Gasteiger partial charge in [-0.3, -0.25) is 0 Å². The molecule has 0 amide bonds. The SMILES string of the molecule is O=C(O)/C(=C\c1ccc(F)c(F)c1)Sc1nnc(-c2ccccc2Cl)o1. The van der Waals surface area contributed by atoms with Crippen LogP contribution in [-0.4, -0.2) is 21.3 Å². The van der Waals surface area contributed by atoms with E-state index in [0.29, 0.717) is 22.3 Å². The van der Waals surface area contributed by atoms with E-state index in [0.717, 1.165) is 12.1 Å². The summed E-state index contributed by atoms with van der Waals surface area (Å²) in [5.41, 5.74) is 0.689. The van der Waals surface area contributed by atoms with Crippen molar-refractivity contribution in [3.8, 4) is 11.5 Å². The van der Waals surface area contributed by atoms with E-state index in [2.05, 4.69) is 10.2 Å². The molecule has 3 rings (SSSR count). The van der Waals surface area contributed by atoms with Crippen molar-refractivity contribution >= 4 is 35.4 Å². The van der Waals surface area contributed by atoms with Crippen LogP contribution in [-0.2, 0) is 4.79 Å². The van der Waals surface area contributed by atoms with Crippen LogP contribution in [0, 0.1) is 11.6 Å². The number of carboxylic acids is 1. The Morgan fingerprint density at radius 1 is 1.15 bits per heavy atom. The molecule has 0 atom stereocenters. The number of thioether (sulfide) groups is 1. The number of aliphatic carboxylic acids is 1. The Morgan fingerprint density at radius 2 is 1.92 bits per heavy atom. The van der Waals surface area contributed by atoms with Gasteiger partial charge in [0.25, 0.3) is 5.22 Å². The van der Waals surface area contributed by atoms with Crippen LogP contribution in [0.2, 0.25) is 5.02 Å². The van der Waals surface area contributed by atoms with E-state index in [9.17, 15) is 18.7 Å². The summed E-state index contributed by atoms with van der Waals surface area (Å²) in [6, 6.07) is 9.87. The smallest absolute Gasteiger partial charge is 0.342 e. The van der Waals surface area contributed by atoms with Gasteiger partial charge in [-0.05, 0) is 47.7 Å². The second-order valence-electron chi connectivity index (χ2n) is 4.94. The maximum atomic E-state index is 13.3. The van der Waals surface area contributed by atoms with Crippen LogP contribution in [0.5, 0.6) is 0 Å². The summed E-state index contributed by atoms with van der Waals surface area (Å²) in [7, 11) is 0. The van der Waals surface area contributed by atoms with Crippen molar-refractivity contribution in [2.45, 2.75) is 5.22 Å². The summed E-state index contributed by atoms with van der Waals surface area (Å²) < 4.78 is 31.7. The van der Waals surface area contributed by atoms with Crippen LogP contribution in [0.3, 0.4) is 0 Å². The molecule has 0 bridgehead atoms. The van der Waals surface area contributed by atoms with Crippen LogP contribution in [0.4, 0.5) is 8.78 Å². The second kappa shape index (κ2) is 7.67. The van der Waals surface area contributed by atoms with Gasteiger partial charge in [0, 0.05) is 0 Å². The average Bonchev–Trinajstić information content (AvgIpc) is 3.06.